The minimum atomic E-state index is 0.305. The zero-order valence-electron chi connectivity index (χ0n) is 10.2. The maximum atomic E-state index is 6.31. The Kier molecular flexibility index (Phi) is 3.99. The van der Waals surface area contributed by atoms with Crippen LogP contribution < -0.4 is 5.73 Å². The lowest BCUT2D eigenvalue weighted by atomic mass is 9.84. The standard InChI is InChI=1S/C13H23N3/c1-2-13-15-8-9-16(13)10-12(14)11-6-4-3-5-7-11/h8-9,11-12H,2-7,10,14H2,1H3. The number of hydrogen-bond donors (Lipinski definition) is 1. The van der Waals surface area contributed by atoms with Gasteiger partial charge in [0.05, 0.1) is 0 Å². The molecule has 3 nitrogen and oxygen atoms in total. The first-order chi connectivity index (χ1) is 7.81. The quantitative estimate of drug-likeness (QED) is 0.848. The first-order valence-corrected chi connectivity index (χ1v) is 6.57. The number of hydrogen-bond acceptors (Lipinski definition) is 2. The van der Waals surface area contributed by atoms with E-state index < -0.39 is 0 Å². The Bertz CT molecular complexity index is 313. The molecule has 0 radical (unpaired) electrons. The van der Waals surface area contributed by atoms with Crippen molar-refractivity contribution in [2.45, 2.75) is 58.0 Å². The summed E-state index contributed by atoms with van der Waals surface area (Å²) >= 11 is 0. The summed E-state index contributed by atoms with van der Waals surface area (Å²) in [5, 5.41) is 0. The second kappa shape index (κ2) is 5.48. The highest BCUT2D eigenvalue weighted by atomic mass is 15.1. The molecule has 1 aliphatic carbocycles. The molecule has 1 heterocycles. The monoisotopic (exact) mass is 221 g/mol. The lowest BCUT2D eigenvalue weighted by molar-refractivity contribution is 0.283. The van der Waals surface area contributed by atoms with Crippen LogP contribution in [-0.4, -0.2) is 15.6 Å². The highest BCUT2D eigenvalue weighted by Crippen LogP contribution is 2.26. The molecule has 0 amide bonds. The highest BCUT2D eigenvalue weighted by Gasteiger charge is 2.21. The molecular weight excluding hydrogens is 198 g/mol. The predicted octanol–water partition coefficient (Wildman–Crippen LogP) is 2.35. The zero-order valence-corrected chi connectivity index (χ0v) is 10.2. The lowest BCUT2D eigenvalue weighted by Crippen LogP contribution is -2.35. The molecule has 0 aromatic carbocycles. The van der Waals surface area contributed by atoms with Crippen LogP contribution in [0.25, 0.3) is 0 Å². The molecule has 2 N–H and O–H groups in total. The van der Waals surface area contributed by atoms with Gasteiger partial charge in [0, 0.05) is 31.4 Å². The summed E-state index contributed by atoms with van der Waals surface area (Å²) in [6.45, 7) is 3.08. The Morgan fingerprint density at radius 2 is 2.19 bits per heavy atom. The van der Waals surface area contributed by atoms with Crippen LogP contribution in [0.2, 0.25) is 0 Å². The molecule has 1 fully saturated rings. The molecule has 1 atom stereocenters. The van der Waals surface area contributed by atoms with Gasteiger partial charge in [0.1, 0.15) is 5.82 Å². The molecular formula is C13H23N3. The van der Waals surface area contributed by atoms with Crippen molar-refractivity contribution in [1.82, 2.24) is 9.55 Å². The van der Waals surface area contributed by atoms with E-state index in [0.29, 0.717) is 6.04 Å². The average molecular weight is 221 g/mol. The molecule has 1 saturated carbocycles. The number of aromatic nitrogens is 2. The largest absolute Gasteiger partial charge is 0.333 e. The van der Waals surface area contributed by atoms with Crippen molar-refractivity contribution in [1.29, 1.82) is 0 Å². The molecule has 2 rings (SSSR count). The van der Waals surface area contributed by atoms with Crippen molar-refractivity contribution in [3.63, 3.8) is 0 Å². The summed E-state index contributed by atoms with van der Waals surface area (Å²) < 4.78 is 2.22. The van der Waals surface area contributed by atoms with Crippen molar-refractivity contribution >= 4 is 0 Å². The van der Waals surface area contributed by atoms with Gasteiger partial charge in [0.25, 0.3) is 0 Å². The number of aryl methyl sites for hydroxylation is 1. The summed E-state index contributed by atoms with van der Waals surface area (Å²) in [5.74, 6) is 1.88. The number of imidazole rings is 1. The van der Waals surface area contributed by atoms with Crippen molar-refractivity contribution in [2.75, 3.05) is 0 Å². The van der Waals surface area contributed by atoms with Crippen LogP contribution in [0.5, 0.6) is 0 Å². The van der Waals surface area contributed by atoms with Crippen LogP contribution in [0.15, 0.2) is 12.4 Å². The van der Waals surface area contributed by atoms with E-state index >= 15 is 0 Å². The topological polar surface area (TPSA) is 43.8 Å². The minimum absolute atomic E-state index is 0.305. The van der Waals surface area contributed by atoms with E-state index in [-0.39, 0.29) is 0 Å². The molecule has 0 saturated heterocycles. The number of nitrogens with two attached hydrogens (primary N) is 1. The summed E-state index contributed by atoms with van der Waals surface area (Å²) in [7, 11) is 0. The summed E-state index contributed by atoms with van der Waals surface area (Å²) in [6, 6.07) is 0.305. The maximum Gasteiger partial charge on any atom is 0.108 e. The molecule has 1 aliphatic rings. The van der Waals surface area contributed by atoms with Gasteiger partial charge in [0.2, 0.25) is 0 Å². The molecule has 16 heavy (non-hydrogen) atoms. The molecule has 3 heteroatoms. The summed E-state index contributed by atoms with van der Waals surface area (Å²) in [4.78, 5) is 4.34. The SMILES string of the molecule is CCc1nccn1CC(N)C1CCCCC1. The van der Waals surface area contributed by atoms with Gasteiger partial charge in [-0.15, -0.1) is 0 Å². The second-order valence-electron chi connectivity index (χ2n) is 4.91. The van der Waals surface area contributed by atoms with E-state index in [1.807, 2.05) is 6.20 Å². The van der Waals surface area contributed by atoms with Crippen molar-refractivity contribution in [3.8, 4) is 0 Å². The van der Waals surface area contributed by atoms with Gasteiger partial charge in [-0.05, 0) is 18.8 Å². The summed E-state index contributed by atoms with van der Waals surface area (Å²) in [5.41, 5.74) is 6.31. The van der Waals surface area contributed by atoms with E-state index in [0.717, 1.165) is 24.7 Å². The Balaban J connectivity index is 1.93. The van der Waals surface area contributed by atoms with E-state index in [9.17, 15) is 0 Å². The molecule has 1 unspecified atom stereocenters. The minimum Gasteiger partial charge on any atom is -0.333 e. The molecule has 0 bridgehead atoms. The fourth-order valence-electron chi connectivity index (χ4n) is 2.76. The molecule has 90 valence electrons. The Morgan fingerprint density at radius 3 is 2.88 bits per heavy atom. The maximum absolute atomic E-state index is 6.31. The van der Waals surface area contributed by atoms with Gasteiger partial charge in [-0.2, -0.15) is 0 Å². The lowest BCUT2D eigenvalue weighted by Gasteiger charge is -2.28. The van der Waals surface area contributed by atoms with Crippen molar-refractivity contribution < 1.29 is 0 Å². The summed E-state index contributed by atoms with van der Waals surface area (Å²) in [6.07, 6.45) is 11.7. The van der Waals surface area contributed by atoms with E-state index in [4.69, 9.17) is 5.73 Å². The van der Waals surface area contributed by atoms with Gasteiger partial charge in [-0.25, -0.2) is 4.98 Å². The van der Waals surface area contributed by atoms with Gasteiger partial charge in [0.15, 0.2) is 0 Å². The second-order valence-corrected chi connectivity index (χ2v) is 4.91. The highest BCUT2D eigenvalue weighted by molar-refractivity contribution is 4.93. The van der Waals surface area contributed by atoms with E-state index in [1.54, 1.807) is 0 Å². The molecule has 0 aliphatic heterocycles. The first kappa shape index (κ1) is 11.6. The molecule has 1 aromatic heterocycles. The van der Waals surface area contributed by atoms with Crippen LogP contribution >= 0.6 is 0 Å². The van der Waals surface area contributed by atoms with Crippen LogP contribution in [0.3, 0.4) is 0 Å². The number of rotatable bonds is 4. The zero-order chi connectivity index (χ0) is 11.4. The van der Waals surface area contributed by atoms with Crippen LogP contribution in [-0.2, 0) is 13.0 Å². The van der Waals surface area contributed by atoms with E-state index in [1.165, 1.54) is 32.1 Å². The van der Waals surface area contributed by atoms with E-state index in [2.05, 4.69) is 22.7 Å². The van der Waals surface area contributed by atoms with Gasteiger partial charge in [-0.1, -0.05) is 26.2 Å². The average Bonchev–Trinajstić information content (AvgIpc) is 2.77. The Morgan fingerprint density at radius 1 is 1.44 bits per heavy atom. The van der Waals surface area contributed by atoms with Gasteiger partial charge < -0.3 is 10.3 Å². The Labute approximate surface area is 98.1 Å². The fourth-order valence-corrected chi connectivity index (χ4v) is 2.76. The van der Waals surface area contributed by atoms with Crippen molar-refractivity contribution in [3.05, 3.63) is 18.2 Å². The normalized spacial score (nSPS) is 19.9. The van der Waals surface area contributed by atoms with Crippen LogP contribution in [0.1, 0.15) is 44.9 Å². The van der Waals surface area contributed by atoms with Crippen LogP contribution in [0.4, 0.5) is 0 Å². The van der Waals surface area contributed by atoms with Crippen molar-refractivity contribution in [2.24, 2.45) is 11.7 Å². The van der Waals surface area contributed by atoms with Gasteiger partial charge in [-0.3, -0.25) is 0 Å². The smallest absolute Gasteiger partial charge is 0.108 e. The predicted molar refractivity (Wildman–Crippen MR) is 66.2 cm³/mol. The number of nitrogens with zero attached hydrogens (tertiary/aromatic N) is 2. The fraction of sp³-hybridized carbons (Fsp3) is 0.769. The third-order valence-corrected chi connectivity index (χ3v) is 3.78. The third kappa shape index (κ3) is 2.64. The third-order valence-electron chi connectivity index (χ3n) is 3.78. The molecule has 0 spiro atoms. The Hall–Kier alpha value is -0.830. The first-order valence-electron chi connectivity index (χ1n) is 6.57. The van der Waals surface area contributed by atoms with Gasteiger partial charge >= 0.3 is 0 Å². The van der Waals surface area contributed by atoms with Crippen LogP contribution in [0, 0.1) is 5.92 Å². The molecule has 1 aromatic rings.